The fraction of sp³-hybridized carbons (Fsp3) is 0.259. The van der Waals surface area contributed by atoms with Crippen molar-refractivity contribution in [3.63, 3.8) is 0 Å². The van der Waals surface area contributed by atoms with Gasteiger partial charge in [0.05, 0.1) is 24.0 Å². The Labute approximate surface area is 244 Å². The van der Waals surface area contributed by atoms with Crippen molar-refractivity contribution in [3.05, 3.63) is 75.3 Å². The van der Waals surface area contributed by atoms with Crippen LogP contribution >= 0.6 is 46.3 Å². The summed E-state index contributed by atoms with van der Waals surface area (Å²) < 4.78 is 12.8. The van der Waals surface area contributed by atoms with E-state index in [1.807, 2.05) is 47.3 Å². The van der Waals surface area contributed by atoms with E-state index >= 15 is 0 Å². The van der Waals surface area contributed by atoms with Crippen LogP contribution in [0.25, 0.3) is 11.1 Å². The second-order valence-corrected chi connectivity index (χ2v) is 10.9. The molecule has 0 aliphatic carbocycles. The molecule has 0 aliphatic rings. The Bertz CT molecular complexity index is 1440. The molecule has 4 aromatic rings. The van der Waals surface area contributed by atoms with Gasteiger partial charge in [-0.1, -0.05) is 65.3 Å². The Balaban J connectivity index is 1.32. The van der Waals surface area contributed by atoms with Crippen molar-refractivity contribution < 1.29 is 19.1 Å². The maximum atomic E-state index is 12.8. The van der Waals surface area contributed by atoms with Crippen molar-refractivity contribution in [1.82, 2.24) is 14.8 Å². The molecule has 0 atom stereocenters. The maximum absolute atomic E-state index is 12.8. The molecular weight excluding hydrogens is 579 g/mol. The van der Waals surface area contributed by atoms with Gasteiger partial charge >= 0.3 is 5.97 Å². The molecule has 204 valence electrons. The number of amides is 1. The number of hydrogen-bond acceptors (Lipinski definition) is 8. The van der Waals surface area contributed by atoms with Crippen molar-refractivity contribution in [3.8, 4) is 16.9 Å². The summed E-state index contributed by atoms with van der Waals surface area (Å²) in [4.78, 5) is 25.5. The molecule has 0 spiro atoms. The molecule has 2 aromatic heterocycles. The molecule has 0 saturated carbocycles. The van der Waals surface area contributed by atoms with Gasteiger partial charge in [0.2, 0.25) is 5.91 Å². The highest BCUT2D eigenvalue weighted by Gasteiger charge is 2.23. The van der Waals surface area contributed by atoms with Crippen molar-refractivity contribution in [2.45, 2.75) is 24.9 Å². The summed E-state index contributed by atoms with van der Waals surface area (Å²) in [6, 6.07) is 14.6. The molecule has 12 heteroatoms. The molecule has 8 nitrogen and oxygen atoms in total. The number of halogens is 2. The van der Waals surface area contributed by atoms with Crippen LogP contribution in [-0.2, 0) is 23.0 Å². The van der Waals surface area contributed by atoms with Gasteiger partial charge < -0.3 is 19.4 Å². The van der Waals surface area contributed by atoms with Gasteiger partial charge in [-0.25, -0.2) is 4.79 Å². The number of esters is 1. The minimum atomic E-state index is -0.471. The quantitative estimate of drug-likeness (QED) is 0.108. The van der Waals surface area contributed by atoms with E-state index in [0.717, 1.165) is 17.0 Å². The van der Waals surface area contributed by atoms with E-state index in [0.29, 0.717) is 51.0 Å². The van der Waals surface area contributed by atoms with Gasteiger partial charge in [0, 0.05) is 29.4 Å². The smallest absolute Gasteiger partial charge is 0.341 e. The molecular formula is C27H26Cl2N4O4S2. The van der Waals surface area contributed by atoms with E-state index in [9.17, 15) is 9.59 Å². The normalized spacial score (nSPS) is 10.9. The second kappa shape index (κ2) is 13.8. The summed E-state index contributed by atoms with van der Waals surface area (Å²) in [5, 5.41) is 15.3. The fourth-order valence-electron chi connectivity index (χ4n) is 3.67. The lowest BCUT2D eigenvalue weighted by Crippen LogP contribution is -2.16. The van der Waals surface area contributed by atoms with Crippen molar-refractivity contribution in [2.24, 2.45) is 7.05 Å². The Hall–Kier alpha value is -3.05. The highest BCUT2D eigenvalue weighted by atomic mass is 35.5. The first kappa shape index (κ1) is 28.9. The lowest BCUT2D eigenvalue weighted by molar-refractivity contribution is -0.113. The zero-order chi connectivity index (χ0) is 27.8. The monoisotopic (exact) mass is 604 g/mol. The van der Waals surface area contributed by atoms with Crippen LogP contribution in [0.15, 0.2) is 59.1 Å². The number of nitrogens with one attached hydrogen (secondary N) is 1. The third kappa shape index (κ3) is 7.54. The number of aromatic nitrogens is 3. The molecule has 4 rings (SSSR count). The van der Waals surface area contributed by atoms with Crippen molar-refractivity contribution in [1.29, 1.82) is 0 Å². The molecule has 2 heterocycles. The van der Waals surface area contributed by atoms with Crippen LogP contribution in [0.4, 0.5) is 5.00 Å². The first-order valence-electron chi connectivity index (χ1n) is 12.1. The van der Waals surface area contributed by atoms with Crippen molar-refractivity contribution >= 4 is 63.2 Å². The average Bonchev–Trinajstić information content (AvgIpc) is 3.50. The van der Waals surface area contributed by atoms with E-state index in [1.165, 1.54) is 23.1 Å². The lowest BCUT2D eigenvalue weighted by atomic mass is 10.0. The number of carbonyl (C=O) groups is 2. The van der Waals surface area contributed by atoms with Gasteiger partial charge in [-0.3, -0.25) is 4.79 Å². The fourth-order valence-corrected chi connectivity index (χ4v) is 5.84. The Morgan fingerprint density at radius 1 is 1.13 bits per heavy atom. The second-order valence-electron chi connectivity index (χ2n) is 8.26. The number of benzene rings is 2. The highest BCUT2D eigenvalue weighted by Crippen LogP contribution is 2.36. The average molecular weight is 606 g/mol. The third-order valence-corrected chi connectivity index (χ3v) is 8.01. The molecule has 0 bridgehead atoms. The summed E-state index contributed by atoms with van der Waals surface area (Å²) >= 11 is 14.6. The zero-order valence-electron chi connectivity index (χ0n) is 21.3. The zero-order valence-corrected chi connectivity index (χ0v) is 24.4. The van der Waals surface area contributed by atoms with Gasteiger partial charge in [-0.05, 0) is 37.1 Å². The van der Waals surface area contributed by atoms with Gasteiger partial charge in [0.1, 0.15) is 22.1 Å². The van der Waals surface area contributed by atoms with E-state index in [-0.39, 0.29) is 18.3 Å². The van der Waals surface area contributed by atoms with Crippen LogP contribution < -0.4 is 10.1 Å². The third-order valence-electron chi connectivity index (χ3n) is 5.56. The number of rotatable bonds is 12. The number of carbonyl (C=O) groups excluding carboxylic acids is 2. The number of nitrogens with zero attached hydrogens (tertiary/aromatic N) is 3. The molecule has 0 saturated heterocycles. The number of thiophene rings is 1. The molecule has 2 aromatic carbocycles. The van der Waals surface area contributed by atoms with E-state index in [4.69, 9.17) is 32.7 Å². The molecule has 1 N–H and O–H groups in total. The van der Waals surface area contributed by atoms with Crippen LogP contribution in [0, 0.1) is 0 Å². The van der Waals surface area contributed by atoms with Crippen molar-refractivity contribution in [2.75, 3.05) is 24.3 Å². The minimum Gasteiger partial charge on any atom is -0.492 e. The van der Waals surface area contributed by atoms with Gasteiger partial charge in [-0.15, -0.1) is 21.5 Å². The van der Waals surface area contributed by atoms with Crippen LogP contribution in [0.3, 0.4) is 0 Å². The van der Waals surface area contributed by atoms with E-state index < -0.39 is 5.97 Å². The Morgan fingerprint density at radius 2 is 1.92 bits per heavy atom. The van der Waals surface area contributed by atoms with Crippen LogP contribution in [0.1, 0.15) is 29.5 Å². The van der Waals surface area contributed by atoms with Crippen LogP contribution in [-0.4, -0.2) is 45.6 Å². The number of anilines is 1. The predicted octanol–water partition coefficient (Wildman–Crippen LogP) is 6.77. The van der Waals surface area contributed by atoms with Crippen LogP contribution in [0.5, 0.6) is 5.75 Å². The number of hydrogen-bond donors (Lipinski definition) is 1. The standard InChI is InChI=1S/C27H26Cl2N4O4S2/c1-3-36-26(35)24-19(17-8-5-4-6-9-17)15-38-25(24)30-23(34)16-39-27-32-31-22(33(27)2)10-7-13-37-21-12-11-18(28)14-20(21)29/h4-6,8-9,11-12,14-15H,3,7,10,13,16H2,1-2H3,(H,30,34). The first-order valence-corrected chi connectivity index (χ1v) is 14.7. The summed E-state index contributed by atoms with van der Waals surface area (Å²) in [5.74, 6) is 0.726. The molecule has 0 radical (unpaired) electrons. The molecule has 39 heavy (non-hydrogen) atoms. The Kier molecular flexibility index (Phi) is 10.3. The summed E-state index contributed by atoms with van der Waals surface area (Å²) in [7, 11) is 1.86. The van der Waals surface area contributed by atoms with Gasteiger partial charge in [0.15, 0.2) is 5.16 Å². The maximum Gasteiger partial charge on any atom is 0.341 e. The molecule has 0 unspecified atom stereocenters. The summed E-state index contributed by atoms with van der Waals surface area (Å²) in [6.45, 7) is 2.44. The molecule has 0 fully saturated rings. The van der Waals surface area contributed by atoms with Gasteiger partial charge in [-0.2, -0.15) is 0 Å². The SMILES string of the molecule is CCOC(=O)c1c(-c2ccccc2)csc1NC(=O)CSc1nnc(CCCOc2ccc(Cl)cc2Cl)n1C. The predicted molar refractivity (Wildman–Crippen MR) is 156 cm³/mol. The summed E-state index contributed by atoms with van der Waals surface area (Å²) in [5.41, 5.74) is 1.96. The number of aryl methyl sites for hydroxylation is 1. The molecule has 0 aliphatic heterocycles. The number of thioether (sulfide) groups is 1. The lowest BCUT2D eigenvalue weighted by Gasteiger charge is -2.09. The van der Waals surface area contributed by atoms with Gasteiger partial charge in [0.25, 0.3) is 0 Å². The largest absolute Gasteiger partial charge is 0.492 e. The minimum absolute atomic E-state index is 0.102. The molecule has 1 amide bonds. The van der Waals surface area contributed by atoms with E-state index in [1.54, 1.807) is 25.1 Å². The topological polar surface area (TPSA) is 95.3 Å². The number of ether oxygens (including phenoxy) is 2. The van der Waals surface area contributed by atoms with Crippen LogP contribution in [0.2, 0.25) is 10.0 Å². The highest BCUT2D eigenvalue weighted by molar-refractivity contribution is 7.99. The first-order chi connectivity index (χ1) is 18.9. The Morgan fingerprint density at radius 3 is 2.67 bits per heavy atom. The van der Waals surface area contributed by atoms with E-state index in [2.05, 4.69) is 15.5 Å². The summed E-state index contributed by atoms with van der Waals surface area (Å²) in [6.07, 6.45) is 1.34.